The van der Waals surface area contributed by atoms with Crippen LogP contribution in [0.2, 0.25) is 5.02 Å². The highest BCUT2D eigenvalue weighted by Crippen LogP contribution is 2.26. The number of halogens is 1. The molecule has 0 fully saturated rings. The molecule has 8 heteroatoms. The van der Waals surface area contributed by atoms with Crippen LogP contribution in [0.5, 0.6) is 0 Å². The molecule has 1 aromatic heterocycles. The van der Waals surface area contributed by atoms with Crippen molar-refractivity contribution in [2.75, 3.05) is 0 Å². The lowest BCUT2D eigenvalue weighted by Crippen LogP contribution is -2.03. The first-order valence-electron chi connectivity index (χ1n) is 5.72. The van der Waals surface area contributed by atoms with E-state index in [1.165, 1.54) is 17.8 Å². The number of hydrogen-bond acceptors (Lipinski definition) is 5. The number of benzene rings is 1. The second kappa shape index (κ2) is 6.55. The van der Waals surface area contributed by atoms with Gasteiger partial charge >= 0.3 is 11.7 Å². The number of nitrogens with zero attached hydrogens (tertiary/aromatic N) is 2. The lowest BCUT2D eigenvalue weighted by Gasteiger charge is -2.03. The Labute approximate surface area is 128 Å². The van der Waals surface area contributed by atoms with E-state index in [1.807, 2.05) is 12.1 Å². The van der Waals surface area contributed by atoms with Crippen molar-refractivity contribution in [1.29, 1.82) is 0 Å². The van der Waals surface area contributed by atoms with Crippen molar-refractivity contribution < 1.29 is 14.8 Å². The molecule has 0 bridgehead atoms. The fourth-order valence-electron chi connectivity index (χ4n) is 1.56. The molecular formula is C13H9ClN2O4S. The van der Waals surface area contributed by atoms with Gasteiger partial charge in [-0.1, -0.05) is 23.7 Å². The molecule has 6 nitrogen and oxygen atoms in total. The van der Waals surface area contributed by atoms with Crippen LogP contribution in [-0.2, 0) is 5.75 Å². The molecule has 0 amide bonds. The number of carboxylic acids is 1. The van der Waals surface area contributed by atoms with Crippen LogP contribution in [-0.4, -0.2) is 21.0 Å². The van der Waals surface area contributed by atoms with Crippen LogP contribution in [0.1, 0.15) is 15.9 Å². The van der Waals surface area contributed by atoms with Crippen LogP contribution >= 0.6 is 23.4 Å². The van der Waals surface area contributed by atoms with Crippen molar-refractivity contribution >= 4 is 35.0 Å². The van der Waals surface area contributed by atoms with Crippen molar-refractivity contribution in [2.45, 2.75) is 10.8 Å². The maximum Gasteiger partial charge on any atom is 0.342 e. The van der Waals surface area contributed by atoms with E-state index in [0.717, 1.165) is 11.8 Å². The highest BCUT2D eigenvalue weighted by molar-refractivity contribution is 7.98. The highest BCUT2D eigenvalue weighted by Gasteiger charge is 2.21. The third kappa shape index (κ3) is 3.93. The molecule has 1 aromatic carbocycles. The molecule has 1 N–H and O–H groups in total. The van der Waals surface area contributed by atoms with Crippen molar-refractivity contribution in [3.05, 3.63) is 62.8 Å². The number of aromatic carboxylic acids is 1. The third-order valence-electron chi connectivity index (χ3n) is 2.58. The van der Waals surface area contributed by atoms with Gasteiger partial charge in [-0.05, 0) is 23.8 Å². The third-order valence-corrected chi connectivity index (χ3v) is 3.83. The summed E-state index contributed by atoms with van der Waals surface area (Å²) in [5.74, 6) is -0.793. The number of carbonyl (C=O) groups is 1. The largest absolute Gasteiger partial charge is 0.477 e. The van der Waals surface area contributed by atoms with Gasteiger partial charge in [-0.2, -0.15) is 0 Å². The summed E-state index contributed by atoms with van der Waals surface area (Å²) in [6, 6.07) is 8.41. The zero-order valence-corrected chi connectivity index (χ0v) is 12.1. The molecule has 21 heavy (non-hydrogen) atoms. The van der Waals surface area contributed by atoms with Crippen molar-refractivity contribution in [3.63, 3.8) is 0 Å². The summed E-state index contributed by atoms with van der Waals surface area (Å²) in [5, 5.41) is 20.8. The van der Waals surface area contributed by atoms with Crippen LogP contribution in [0.25, 0.3) is 0 Å². The van der Waals surface area contributed by atoms with E-state index in [1.54, 1.807) is 12.1 Å². The number of carboxylic acid groups (broad SMARTS) is 1. The molecular weight excluding hydrogens is 316 g/mol. The molecule has 0 radical (unpaired) electrons. The minimum Gasteiger partial charge on any atom is -0.477 e. The molecule has 0 saturated heterocycles. The van der Waals surface area contributed by atoms with E-state index in [9.17, 15) is 14.9 Å². The fourth-order valence-corrected chi connectivity index (χ4v) is 2.52. The van der Waals surface area contributed by atoms with Crippen LogP contribution in [0.4, 0.5) is 5.69 Å². The van der Waals surface area contributed by atoms with Gasteiger partial charge in [0.25, 0.3) is 0 Å². The molecule has 0 atom stereocenters. The number of pyridine rings is 1. The summed E-state index contributed by atoms with van der Waals surface area (Å²) in [6.07, 6.45) is 0.966. The summed E-state index contributed by atoms with van der Waals surface area (Å²) in [5.41, 5.74) is 0.105. The van der Waals surface area contributed by atoms with Crippen molar-refractivity contribution in [2.24, 2.45) is 0 Å². The van der Waals surface area contributed by atoms with E-state index < -0.39 is 16.6 Å². The first kappa shape index (κ1) is 15.3. The zero-order chi connectivity index (χ0) is 15.4. The van der Waals surface area contributed by atoms with Gasteiger partial charge in [0.05, 0.1) is 9.95 Å². The minimum atomic E-state index is -1.35. The van der Waals surface area contributed by atoms with Gasteiger partial charge in [0.2, 0.25) is 0 Å². The van der Waals surface area contributed by atoms with Gasteiger partial charge in [-0.15, -0.1) is 11.8 Å². The number of aromatic nitrogens is 1. The van der Waals surface area contributed by atoms with Crippen LogP contribution in [0, 0.1) is 10.1 Å². The Hall–Kier alpha value is -2.12. The fraction of sp³-hybridized carbons (Fsp3) is 0.0769. The SMILES string of the molecule is O=C(O)c1cc(SCc2ccc(Cl)cc2)ncc1[N+](=O)[O-]. The summed E-state index contributed by atoms with van der Waals surface area (Å²) in [4.78, 5) is 24.9. The smallest absolute Gasteiger partial charge is 0.342 e. The summed E-state index contributed by atoms with van der Waals surface area (Å²) >= 11 is 7.07. The number of rotatable bonds is 5. The number of hydrogen-bond donors (Lipinski definition) is 1. The monoisotopic (exact) mass is 324 g/mol. The van der Waals surface area contributed by atoms with Gasteiger partial charge in [0, 0.05) is 10.8 Å². The van der Waals surface area contributed by atoms with Gasteiger partial charge in [0.15, 0.2) is 0 Å². The predicted molar refractivity (Wildman–Crippen MR) is 78.9 cm³/mol. The Bertz CT molecular complexity index is 691. The lowest BCUT2D eigenvalue weighted by molar-refractivity contribution is -0.385. The molecule has 108 valence electrons. The van der Waals surface area contributed by atoms with Crippen LogP contribution in [0.3, 0.4) is 0 Å². The molecule has 0 aliphatic heterocycles. The molecule has 0 unspecified atom stereocenters. The minimum absolute atomic E-state index is 0.367. The van der Waals surface area contributed by atoms with E-state index >= 15 is 0 Å². The molecule has 0 aliphatic rings. The summed E-state index contributed by atoms with van der Waals surface area (Å²) < 4.78 is 0. The Morgan fingerprint density at radius 2 is 2.05 bits per heavy atom. The lowest BCUT2D eigenvalue weighted by atomic mass is 10.2. The zero-order valence-electron chi connectivity index (χ0n) is 10.5. The Morgan fingerprint density at radius 3 is 2.62 bits per heavy atom. The number of thioether (sulfide) groups is 1. The first-order valence-corrected chi connectivity index (χ1v) is 7.08. The van der Waals surface area contributed by atoms with E-state index in [2.05, 4.69) is 4.98 Å². The Balaban J connectivity index is 2.17. The van der Waals surface area contributed by atoms with Gasteiger partial charge in [-0.3, -0.25) is 10.1 Å². The van der Waals surface area contributed by atoms with Crippen molar-refractivity contribution in [1.82, 2.24) is 4.98 Å². The topological polar surface area (TPSA) is 93.3 Å². The molecule has 0 spiro atoms. The molecule has 2 rings (SSSR count). The normalized spacial score (nSPS) is 10.3. The maximum absolute atomic E-state index is 11.0. The van der Waals surface area contributed by atoms with Crippen LogP contribution < -0.4 is 0 Å². The van der Waals surface area contributed by atoms with Crippen LogP contribution in [0.15, 0.2) is 41.6 Å². The first-order chi connectivity index (χ1) is 9.97. The predicted octanol–water partition coefficient (Wildman–Crippen LogP) is 3.63. The number of nitro groups is 1. The average molecular weight is 325 g/mol. The molecule has 2 aromatic rings. The molecule has 0 saturated carbocycles. The quantitative estimate of drug-likeness (QED) is 0.512. The molecule has 1 heterocycles. The molecule has 0 aliphatic carbocycles. The average Bonchev–Trinajstić information content (AvgIpc) is 2.46. The second-order valence-electron chi connectivity index (χ2n) is 4.02. The van der Waals surface area contributed by atoms with Crippen molar-refractivity contribution in [3.8, 4) is 0 Å². The van der Waals surface area contributed by atoms with Gasteiger partial charge < -0.3 is 5.11 Å². The van der Waals surface area contributed by atoms with E-state index in [4.69, 9.17) is 16.7 Å². The van der Waals surface area contributed by atoms with Gasteiger partial charge in [-0.25, -0.2) is 9.78 Å². The Kier molecular flexibility index (Phi) is 4.77. The van der Waals surface area contributed by atoms with E-state index in [-0.39, 0.29) is 5.56 Å². The Morgan fingerprint density at radius 1 is 1.38 bits per heavy atom. The summed E-state index contributed by atoms with van der Waals surface area (Å²) in [6.45, 7) is 0. The maximum atomic E-state index is 11.0. The second-order valence-corrected chi connectivity index (χ2v) is 5.45. The summed E-state index contributed by atoms with van der Waals surface area (Å²) in [7, 11) is 0. The van der Waals surface area contributed by atoms with E-state index in [0.29, 0.717) is 15.8 Å². The standard InChI is InChI=1S/C13H9ClN2O4S/c14-9-3-1-8(2-4-9)7-21-12-5-10(13(17)18)11(6-15-12)16(19)20/h1-6H,7H2,(H,17,18). The van der Waals surface area contributed by atoms with Gasteiger partial charge in [0.1, 0.15) is 11.8 Å². The highest BCUT2D eigenvalue weighted by atomic mass is 35.5.